The molecule has 3 aromatic rings. The molecular formula is C23H23FN4O2S. The third-order valence-corrected chi connectivity index (χ3v) is 6.53. The van der Waals surface area contributed by atoms with Crippen molar-refractivity contribution < 1.29 is 12.8 Å². The van der Waals surface area contributed by atoms with Gasteiger partial charge in [-0.1, -0.05) is 48.5 Å². The van der Waals surface area contributed by atoms with Gasteiger partial charge in [-0.2, -0.15) is 0 Å². The fraction of sp³-hybridized carbons (Fsp3) is 0.174. The molecule has 160 valence electrons. The molecule has 31 heavy (non-hydrogen) atoms. The highest BCUT2D eigenvalue weighted by atomic mass is 32.2. The number of nitrogens with one attached hydrogen (secondary N) is 1. The Labute approximate surface area is 181 Å². The van der Waals surface area contributed by atoms with Crippen LogP contribution in [0.1, 0.15) is 22.3 Å². The van der Waals surface area contributed by atoms with Crippen molar-refractivity contribution >= 4 is 15.9 Å². The number of amidine groups is 1. The Morgan fingerprint density at radius 1 is 0.903 bits per heavy atom. The summed E-state index contributed by atoms with van der Waals surface area (Å²) in [5.74, 6) is 6.27. The molecule has 8 heteroatoms. The summed E-state index contributed by atoms with van der Waals surface area (Å²) in [6.45, 7) is 1.62. The van der Waals surface area contributed by atoms with Gasteiger partial charge in [0.05, 0.1) is 18.0 Å². The number of hydrazine groups is 1. The highest BCUT2D eigenvalue weighted by Crippen LogP contribution is 2.15. The second-order valence-corrected chi connectivity index (χ2v) is 9.13. The molecule has 3 aromatic carbocycles. The van der Waals surface area contributed by atoms with Gasteiger partial charge in [0, 0.05) is 12.1 Å². The standard InChI is InChI=1S/C23H23FN4O2S/c24-21-9-11-22(12-10-21)31(29,30)27-16-19-3-1-17(2-4-19)15-18-5-7-20(8-6-18)23-26-13-14-28(23)25/h1-12,27H,13-16,25H2. The van der Waals surface area contributed by atoms with Gasteiger partial charge in [0.2, 0.25) is 10.0 Å². The van der Waals surface area contributed by atoms with Gasteiger partial charge in [-0.15, -0.1) is 0 Å². The Kier molecular flexibility index (Phi) is 6.13. The summed E-state index contributed by atoms with van der Waals surface area (Å²) in [7, 11) is -3.69. The smallest absolute Gasteiger partial charge is 0.240 e. The Bertz CT molecular complexity index is 1180. The van der Waals surface area contributed by atoms with E-state index in [4.69, 9.17) is 5.84 Å². The first kappa shape index (κ1) is 21.2. The fourth-order valence-corrected chi connectivity index (χ4v) is 4.39. The molecule has 0 spiro atoms. The lowest BCUT2D eigenvalue weighted by Gasteiger charge is -2.13. The first-order chi connectivity index (χ1) is 14.9. The highest BCUT2D eigenvalue weighted by molar-refractivity contribution is 7.89. The maximum Gasteiger partial charge on any atom is 0.240 e. The summed E-state index contributed by atoms with van der Waals surface area (Å²) >= 11 is 0. The van der Waals surface area contributed by atoms with E-state index in [9.17, 15) is 12.8 Å². The van der Waals surface area contributed by atoms with Crippen LogP contribution >= 0.6 is 0 Å². The van der Waals surface area contributed by atoms with Crippen molar-refractivity contribution in [1.82, 2.24) is 9.73 Å². The van der Waals surface area contributed by atoms with Crippen LogP contribution in [-0.4, -0.2) is 32.4 Å². The Hall–Kier alpha value is -3.07. The number of halogens is 1. The summed E-state index contributed by atoms with van der Waals surface area (Å²) in [6, 6.07) is 20.7. The van der Waals surface area contributed by atoms with Gasteiger partial charge >= 0.3 is 0 Å². The lowest BCUT2D eigenvalue weighted by Crippen LogP contribution is -2.34. The highest BCUT2D eigenvalue weighted by Gasteiger charge is 2.15. The minimum atomic E-state index is -3.69. The summed E-state index contributed by atoms with van der Waals surface area (Å²) in [4.78, 5) is 4.46. The van der Waals surface area contributed by atoms with Crippen LogP contribution in [0.5, 0.6) is 0 Å². The molecule has 0 aromatic heterocycles. The van der Waals surface area contributed by atoms with Crippen molar-refractivity contribution in [2.45, 2.75) is 17.9 Å². The summed E-state index contributed by atoms with van der Waals surface area (Å²) < 4.78 is 40.2. The molecule has 0 saturated carbocycles. The molecule has 0 radical (unpaired) electrons. The van der Waals surface area contributed by atoms with Crippen LogP contribution in [0.4, 0.5) is 4.39 Å². The van der Waals surface area contributed by atoms with Crippen molar-refractivity contribution in [2.75, 3.05) is 13.1 Å². The summed E-state index contributed by atoms with van der Waals surface area (Å²) in [5, 5.41) is 1.66. The minimum absolute atomic E-state index is 0.0373. The molecule has 0 amide bonds. The Morgan fingerprint density at radius 2 is 1.48 bits per heavy atom. The molecule has 1 heterocycles. The largest absolute Gasteiger partial charge is 0.293 e. The molecule has 0 atom stereocenters. The fourth-order valence-electron chi connectivity index (χ4n) is 3.38. The zero-order chi connectivity index (χ0) is 21.8. The number of sulfonamides is 1. The normalized spacial score (nSPS) is 14.0. The monoisotopic (exact) mass is 438 g/mol. The summed E-state index contributed by atoms with van der Waals surface area (Å²) in [5.41, 5.74) is 4.13. The average molecular weight is 439 g/mol. The van der Waals surface area contributed by atoms with Crippen LogP contribution in [0.15, 0.2) is 82.7 Å². The number of nitrogens with zero attached hydrogens (tertiary/aromatic N) is 2. The number of hydrogen-bond donors (Lipinski definition) is 2. The van der Waals surface area contributed by atoms with Crippen LogP contribution in [0.2, 0.25) is 0 Å². The zero-order valence-electron chi connectivity index (χ0n) is 16.8. The third-order valence-electron chi connectivity index (χ3n) is 5.11. The number of aliphatic imine (C=N–C) groups is 1. The van der Waals surface area contributed by atoms with Crippen molar-refractivity contribution in [3.8, 4) is 0 Å². The predicted octanol–water partition coefficient (Wildman–Crippen LogP) is 2.83. The molecule has 1 aliphatic rings. The molecule has 4 rings (SSSR count). The topological polar surface area (TPSA) is 87.8 Å². The van der Waals surface area contributed by atoms with Crippen molar-refractivity contribution in [3.05, 3.63) is 101 Å². The molecule has 0 aliphatic carbocycles. The van der Waals surface area contributed by atoms with E-state index in [1.165, 1.54) is 12.1 Å². The van der Waals surface area contributed by atoms with E-state index < -0.39 is 15.8 Å². The second kappa shape index (κ2) is 8.97. The molecule has 0 saturated heterocycles. The van der Waals surface area contributed by atoms with Gasteiger partial charge in [-0.05, 0) is 47.4 Å². The van der Waals surface area contributed by atoms with Crippen molar-refractivity contribution in [3.63, 3.8) is 0 Å². The molecule has 0 unspecified atom stereocenters. The molecule has 0 fully saturated rings. The van der Waals surface area contributed by atoms with Gasteiger partial charge in [0.1, 0.15) is 11.7 Å². The third kappa shape index (κ3) is 5.16. The van der Waals surface area contributed by atoms with Crippen LogP contribution in [0.3, 0.4) is 0 Å². The van der Waals surface area contributed by atoms with E-state index >= 15 is 0 Å². The van der Waals surface area contributed by atoms with Gasteiger partial charge < -0.3 is 0 Å². The molecule has 3 N–H and O–H groups in total. The van der Waals surface area contributed by atoms with E-state index in [1.54, 1.807) is 5.01 Å². The molecule has 0 bridgehead atoms. The van der Waals surface area contributed by atoms with Gasteiger partial charge in [-0.25, -0.2) is 23.4 Å². The van der Waals surface area contributed by atoms with E-state index in [2.05, 4.69) is 21.8 Å². The quantitative estimate of drug-likeness (QED) is 0.556. The van der Waals surface area contributed by atoms with E-state index in [0.717, 1.165) is 59.7 Å². The van der Waals surface area contributed by atoms with Crippen LogP contribution in [0, 0.1) is 5.82 Å². The molecule has 1 aliphatic heterocycles. The molecular weight excluding hydrogens is 415 g/mol. The maximum atomic E-state index is 13.0. The van der Waals surface area contributed by atoms with Gasteiger partial charge in [-0.3, -0.25) is 10.0 Å². The van der Waals surface area contributed by atoms with Crippen molar-refractivity contribution in [1.29, 1.82) is 0 Å². The Morgan fingerprint density at radius 3 is 2.06 bits per heavy atom. The molecule has 6 nitrogen and oxygen atoms in total. The lowest BCUT2D eigenvalue weighted by atomic mass is 10.0. The summed E-state index contributed by atoms with van der Waals surface area (Å²) in [6.07, 6.45) is 0.765. The van der Waals surface area contributed by atoms with Gasteiger partial charge in [0.25, 0.3) is 0 Å². The second-order valence-electron chi connectivity index (χ2n) is 7.37. The van der Waals surface area contributed by atoms with Crippen molar-refractivity contribution in [2.24, 2.45) is 10.8 Å². The predicted molar refractivity (Wildman–Crippen MR) is 118 cm³/mol. The first-order valence-electron chi connectivity index (χ1n) is 9.90. The average Bonchev–Trinajstić information content (AvgIpc) is 3.20. The van der Waals surface area contributed by atoms with E-state index in [-0.39, 0.29) is 11.4 Å². The van der Waals surface area contributed by atoms with E-state index in [1.807, 2.05) is 36.4 Å². The lowest BCUT2D eigenvalue weighted by molar-refractivity contribution is 0.484. The van der Waals surface area contributed by atoms with Crippen LogP contribution in [-0.2, 0) is 23.0 Å². The minimum Gasteiger partial charge on any atom is -0.293 e. The SMILES string of the molecule is NN1CCN=C1c1ccc(Cc2ccc(CNS(=O)(=O)c3ccc(F)cc3)cc2)cc1. The first-order valence-corrected chi connectivity index (χ1v) is 11.4. The maximum absolute atomic E-state index is 13.0. The number of nitrogens with two attached hydrogens (primary N) is 1. The number of rotatable bonds is 7. The van der Waals surface area contributed by atoms with Crippen LogP contribution < -0.4 is 10.6 Å². The van der Waals surface area contributed by atoms with Gasteiger partial charge in [0.15, 0.2) is 0 Å². The number of benzene rings is 3. The Balaban J connectivity index is 1.35. The van der Waals surface area contributed by atoms with Crippen LogP contribution in [0.25, 0.3) is 0 Å². The zero-order valence-corrected chi connectivity index (χ0v) is 17.6. The van der Waals surface area contributed by atoms with E-state index in [0.29, 0.717) is 0 Å². The number of hydrogen-bond acceptors (Lipinski definition) is 5.